The van der Waals surface area contributed by atoms with Gasteiger partial charge in [0.05, 0.1) is 0 Å². The molecule has 0 amide bonds. The van der Waals surface area contributed by atoms with Gasteiger partial charge in [0, 0.05) is 5.56 Å². The lowest BCUT2D eigenvalue weighted by atomic mass is 9.99. The predicted octanol–water partition coefficient (Wildman–Crippen LogP) is 3.30. The van der Waals surface area contributed by atoms with Crippen LogP contribution >= 0.6 is 0 Å². The van der Waals surface area contributed by atoms with E-state index < -0.39 is 5.97 Å². The third kappa shape index (κ3) is 2.08. The zero-order chi connectivity index (χ0) is 13.1. The molecule has 0 aliphatic heterocycles. The Morgan fingerprint density at radius 1 is 1.17 bits per heavy atom. The number of carboxylic acids is 1. The lowest BCUT2D eigenvalue weighted by Gasteiger charge is -2.04. The quantitative estimate of drug-likeness (QED) is 0.638. The number of rotatable bonds is 5. The van der Waals surface area contributed by atoms with E-state index in [2.05, 4.69) is 6.92 Å². The zero-order valence-electron chi connectivity index (χ0n) is 10.4. The predicted molar refractivity (Wildman–Crippen MR) is 69.5 cm³/mol. The van der Waals surface area contributed by atoms with Crippen LogP contribution in [0.4, 0.5) is 0 Å². The Morgan fingerprint density at radius 3 is 2.44 bits per heavy atom. The van der Waals surface area contributed by atoms with E-state index in [1.165, 1.54) is 0 Å². The molecule has 1 aliphatic carbocycles. The number of benzene rings is 1. The number of carboxylic acid groups (broad SMARTS) is 1. The van der Waals surface area contributed by atoms with Crippen LogP contribution in [0.5, 0.6) is 0 Å². The number of fused-ring (bicyclic) bond motifs is 1. The van der Waals surface area contributed by atoms with Gasteiger partial charge in [-0.05, 0) is 24.0 Å². The van der Waals surface area contributed by atoms with Gasteiger partial charge >= 0.3 is 5.97 Å². The number of ketones is 1. The summed E-state index contributed by atoms with van der Waals surface area (Å²) in [7, 11) is 0. The van der Waals surface area contributed by atoms with Crippen LogP contribution < -0.4 is 0 Å². The standard InChI is InChI=1S/C15H16O3/c1-2-3-4-8-11-10-7-5-6-9-12(10)14(16)13(11)15(17)18/h5-7,9H,2-4,8H2,1H3,(H,17,18). The largest absolute Gasteiger partial charge is 0.478 e. The van der Waals surface area contributed by atoms with Crippen LogP contribution in [0.2, 0.25) is 0 Å². The number of aliphatic carboxylic acids is 1. The first-order valence-corrected chi connectivity index (χ1v) is 6.27. The number of carbonyl (C=O) groups is 2. The highest BCUT2D eigenvalue weighted by Gasteiger charge is 2.32. The second-order valence-corrected chi connectivity index (χ2v) is 4.49. The van der Waals surface area contributed by atoms with Crippen LogP contribution in [0.25, 0.3) is 5.57 Å². The van der Waals surface area contributed by atoms with Gasteiger partial charge in [0.1, 0.15) is 5.57 Å². The molecule has 0 unspecified atom stereocenters. The normalized spacial score (nSPS) is 13.9. The first-order valence-electron chi connectivity index (χ1n) is 6.27. The molecular weight excluding hydrogens is 228 g/mol. The van der Waals surface area contributed by atoms with E-state index in [1.54, 1.807) is 12.1 Å². The van der Waals surface area contributed by atoms with Gasteiger partial charge in [-0.2, -0.15) is 0 Å². The molecular formula is C15H16O3. The molecule has 0 atom stereocenters. The van der Waals surface area contributed by atoms with E-state index in [4.69, 9.17) is 0 Å². The van der Waals surface area contributed by atoms with Crippen LogP contribution in [0.1, 0.15) is 48.5 Å². The number of unbranched alkanes of at least 4 members (excludes halogenated alkanes) is 2. The molecule has 0 spiro atoms. The van der Waals surface area contributed by atoms with Crippen LogP contribution in [-0.2, 0) is 4.79 Å². The minimum absolute atomic E-state index is 0.0349. The summed E-state index contributed by atoms with van der Waals surface area (Å²) < 4.78 is 0. The average Bonchev–Trinajstić information content (AvgIpc) is 2.64. The van der Waals surface area contributed by atoms with Gasteiger partial charge in [0.2, 0.25) is 5.78 Å². The third-order valence-corrected chi connectivity index (χ3v) is 3.27. The van der Waals surface area contributed by atoms with E-state index >= 15 is 0 Å². The van der Waals surface area contributed by atoms with Crippen molar-refractivity contribution < 1.29 is 14.7 Å². The van der Waals surface area contributed by atoms with Gasteiger partial charge < -0.3 is 5.11 Å². The molecule has 0 heterocycles. The lowest BCUT2D eigenvalue weighted by molar-refractivity contribution is -0.132. The molecule has 0 fully saturated rings. The Bertz CT molecular complexity index is 526. The van der Waals surface area contributed by atoms with Crippen molar-refractivity contribution >= 4 is 17.3 Å². The van der Waals surface area contributed by atoms with Crippen LogP contribution in [0.3, 0.4) is 0 Å². The van der Waals surface area contributed by atoms with Crippen molar-refractivity contribution in [3.05, 3.63) is 41.0 Å². The van der Waals surface area contributed by atoms with Gasteiger partial charge in [-0.3, -0.25) is 4.79 Å². The summed E-state index contributed by atoms with van der Waals surface area (Å²) in [5.74, 6) is -1.45. The van der Waals surface area contributed by atoms with Crippen molar-refractivity contribution in [2.75, 3.05) is 0 Å². The first kappa shape index (κ1) is 12.6. The summed E-state index contributed by atoms with van der Waals surface area (Å²) in [5.41, 5.74) is 2.00. The molecule has 94 valence electrons. The number of hydrogen-bond donors (Lipinski definition) is 1. The summed E-state index contributed by atoms with van der Waals surface area (Å²) in [6.45, 7) is 2.10. The number of allylic oxidation sites excluding steroid dienone is 1. The molecule has 1 aromatic carbocycles. The van der Waals surface area contributed by atoms with E-state index in [1.807, 2.05) is 12.1 Å². The molecule has 0 bridgehead atoms. The zero-order valence-corrected chi connectivity index (χ0v) is 10.4. The van der Waals surface area contributed by atoms with Gasteiger partial charge in [0.15, 0.2) is 0 Å². The molecule has 3 nitrogen and oxygen atoms in total. The molecule has 3 heteroatoms. The number of Topliss-reactive ketones (excluding diaryl/α,β-unsaturated/α-hetero) is 1. The maximum Gasteiger partial charge on any atom is 0.340 e. The van der Waals surface area contributed by atoms with Crippen LogP contribution in [0, 0.1) is 0 Å². The fourth-order valence-corrected chi connectivity index (χ4v) is 2.39. The third-order valence-electron chi connectivity index (χ3n) is 3.27. The van der Waals surface area contributed by atoms with Crippen molar-refractivity contribution in [1.29, 1.82) is 0 Å². The Labute approximate surface area is 106 Å². The summed E-state index contributed by atoms with van der Waals surface area (Å²) in [6.07, 6.45) is 3.71. The van der Waals surface area contributed by atoms with E-state index in [9.17, 15) is 14.7 Å². The first-order chi connectivity index (χ1) is 8.66. The van der Waals surface area contributed by atoms with Gasteiger partial charge in [-0.25, -0.2) is 4.79 Å². The van der Waals surface area contributed by atoms with Crippen molar-refractivity contribution in [1.82, 2.24) is 0 Å². The maximum atomic E-state index is 12.0. The maximum absolute atomic E-state index is 12.0. The van der Waals surface area contributed by atoms with E-state index in [-0.39, 0.29) is 11.4 Å². The summed E-state index contributed by atoms with van der Waals surface area (Å²) in [6, 6.07) is 7.15. The highest BCUT2D eigenvalue weighted by molar-refractivity contribution is 6.33. The van der Waals surface area contributed by atoms with Crippen LogP contribution in [-0.4, -0.2) is 16.9 Å². The second-order valence-electron chi connectivity index (χ2n) is 4.49. The molecule has 1 N–H and O–H groups in total. The Balaban J connectivity index is 2.40. The average molecular weight is 244 g/mol. The fraction of sp³-hybridized carbons (Fsp3) is 0.333. The summed E-state index contributed by atoms with van der Waals surface area (Å²) in [4.78, 5) is 23.3. The molecule has 0 saturated carbocycles. The lowest BCUT2D eigenvalue weighted by Crippen LogP contribution is -2.09. The smallest absolute Gasteiger partial charge is 0.340 e. The molecule has 2 rings (SSSR count). The molecule has 1 aliphatic rings. The van der Waals surface area contributed by atoms with Crippen LogP contribution in [0.15, 0.2) is 29.8 Å². The Morgan fingerprint density at radius 2 is 1.83 bits per heavy atom. The Hall–Kier alpha value is -1.90. The molecule has 18 heavy (non-hydrogen) atoms. The minimum atomic E-state index is -1.11. The monoisotopic (exact) mass is 244 g/mol. The molecule has 0 aromatic heterocycles. The molecule has 1 aromatic rings. The molecule has 0 saturated heterocycles. The van der Waals surface area contributed by atoms with Crippen molar-refractivity contribution in [3.63, 3.8) is 0 Å². The minimum Gasteiger partial charge on any atom is -0.478 e. The van der Waals surface area contributed by atoms with E-state index in [0.29, 0.717) is 17.6 Å². The van der Waals surface area contributed by atoms with E-state index in [0.717, 1.165) is 24.8 Å². The van der Waals surface area contributed by atoms with Gasteiger partial charge in [-0.1, -0.05) is 44.0 Å². The Kier molecular flexibility index (Phi) is 3.60. The highest BCUT2D eigenvalue weighted by atomic mass is 16.4. The highest BCUT2D eigenvalue weighted by Crippen LogP contribution is 2.36. The van der Waals surface area contributed by atoms with Crippen molar-refractivity contribution in [2.24, 2.45) is 0 Å². The molecule has 0 radical (unpaired) electrons. The van der Waals surface area contributed by atoms with Gasteiger partial charge in [0.25, 0.3) is 0 Å². The summed E-state index contributed by atoms with van der Waals surface area (Å²) in [5, 5.41) is 9.20. The second kappa shape index (κ2) is 5.17. The number of carbonyl (C=O) groups excluding carboxylic acids is 1. The fourth-order valence-electron chi connectivity index (χ4n) is 2.39. The SMILES string of the molecule is CCCCCC1=C(C(=O)O)C(=O)c2ccccc21. The van der Waals surface area contributed by atoms with Gasteiger partial charge in [-0.15, -0.1) is 0 Å². The number of hydrogen-bond acceptors (Lipinski definition) is 2. The topological polar surface area (TPSA) is 54.4 Å². The van der Waals surface area contributed by atoms with Crippen molar-refractivity contribution in [2.45, 2.75) is 32.6 Å². The summed E-state index contributed by atoms with van der Waals surface area (Å²) >= 11 is 0. The van der Waals surface area contributed by atoms with Crippen molar-refractivity contribution in [3.8, 4) is 0 Å².